The molecule has 0 aliphatic heterocycles. The summed E-state index contributed by atoms with van der Waals surface area (Å²) in [5.74, 6) is 0. The highest BCUT2D eigenvalue weighted by molar-refractivity contribution is 6.34. The lowest BCUT2D eigenvalue weighted by Gasteiger charge is -2.15. The molecule has 0 aliphatic carbocycles. The van der Waals surface area contributed by atoms with Gasteiger partial charge in [0.25, 0.3) is 0 Å². The second kappa shape index (κ2) is 8.98. The van der Waals surface area contributed by atoms with Crippen molar-refractivity contribution in [3.05, 3.63) is 132 Å². The molecule has 2 aromatic heterocycles. The molecule has 3 nitrogen and oxygen atoms in total. The Labute approximate surface area is 248 Å². The van der Waals surface area contributed by atoms with Crippen LogP contribution in [0.15, 0.2) is 126 Å². The van der Waals surface area contributed by atoms with Gasteiger partial charge in [0.15, 0.2) is 0 Å². The van der Waals surface area contributed by atoms with Gasteiger partial charge in [0.05, 0.1) is 22.4 Å². The molecule has 43 heavy (non-hydrogen) atoms. The van der Waals surface area contributed by atoms with Crippen LogP contribution in [0.5, 0.6) is 0 Å². The van der Waals surface area contributed by atoms with Gasteiger partial charge in [-0.1, -0.05) is 91.0 Å². The summed E-state index contributed by atoms with van der Waals surface area (Å²) in [5.41, 5.74) is 12.2. The van der Waals surface area contributed by atoms with E-state index in [0.29, 0.717) is 0 Å². The molecule has 0 aliphatic rings. The highest BCUT2D eigenvalue weighted by atomic mass is 16.3. The summed E-state index contributed by atoms with van der Waals surface area (Å²) in [6, 6.07) is 42.6. The Morgan fingerprint density at radius 2 is 1.09 bits per heavy atom. The minimum atomic E-state index is 0.851. The molecule has 2 heterocycles. The molecule has 202 valence electrons. The molecule has 9 rings (SSSR count). The van der Waals surface area contributed by atoms with Crippen LogP contribution in [0.1, 0.15) is 11.1 Å². The zero-order valence-corrected chi connectivity index (χ0v) is 23.8. The molecule has 9 aromatic rings. The third-order valence-corrected chi connectivity index (χ3v) is 8.93. The molecular weight excluding hydrogens is 524 g/mol. The number of para-hydroxylation sites is 2. The molecule has 0 saturated carbocycles. The van der Waals surface area contributed by atoms with Crippen molar-refractivity contribution in [2.75, 3.05) is 0 Å². The summed E-state index contributed by atoms with van der Waals surface area (Å²) in [5, 5.41) is 7.19. The van der Waals surface area contributed by atoms with Crippen LogP contribution in [0.3, 0.4) is 0 Å². The van der Waals surface area contributed by atoms with Gasteiger partial charge in [-0.05, 0) is 82.4 Å². The summed E-state index contributed by atoms with van der Waals surface area (Å²) in [6.45, 7) is 4.36. The van der Waals surface area contributed by atoms with E-state index < -0.39 is 0 Å². The molecular formula is C40H26N2O. The Morgan fingerprint density at radius 3 is 1.81 bits per heavy atom. The first-order chi connectivity index (χ1) is 21.2. The topological polar surface area (TPSA) is 38.9 Å². The molecule has 3 heteroatoms. The lowest BCUT2D eigenvalue weighted by atomic mass is 9.88. The number of nitrogens with zero attached hydrogens (tertiary/aromatic N) is 2. The number of hydrogen-bond donors (Lipinski definition) is 0. The highest BCUT2D eigenvalue weighted by Crippen LogP contribution is 2.48. The Hall–Kier alpha value is -5.54. The van der Waals surface area contributed by atoms with E-state index in [1.54, 1.807) is 0 Å². The van der Waals surface area contributed by atoms with Gasteiger partial charge in [-0.25, -0.2) is 9.97 Å². The number of aryl methyl sites for hydroxylation is 2. The van der Waals surface area contributed by atoms with Gasteiger partial charge < -0.3 is 4.42 Å². The van der Waals surface area contributed by atoms with Crippen LogP contribution in [-0.4, -0.2) is 9.97 Å². The molecule has 0 saturated heterocycles. The highest BCUT2D eigenvalue weighted by Gasteiger charge is 2.23. The van der Waals surface area contributed by atoms with Crippen LogP contribution in [0, 0.1) is 13.8 Å². The number of benzene rings is 7. The Kier molecular flexibility index (Phi) is 5.03. The zero-order chi connectivity index (χ0) is 28.7. The van der Waals surface area contributed by atoms with Gasteiger partial charge >= 0.3 is 0 Å². The summed E-state index contributed by atoms with van der Waals surface area (Å²) in [7, 11) is 0. The van der Waals surface area contributed by atoms with Crippen molar-refractivity contribution in [3.63, 3.8) is 0 Å². The minimum absolute atomic E-state index is 0.851. The van der Waals surface area contributed by atoms with Crippen LogP contribution >= 0.6 is 0 Å². The number of hydrogen-bond acceptors (Lipinski definition) is 3. The normalized spacial score (nSPS) is 12.0. The largest absolute Gasteiger partial charge is 0.456 e. The Balaban J connectivity index is 1.42. The fourth-order valence-electron chi connectivity index (χ4n) is 6.86. The molecule has 0 N–H and O–H groups in total. The summed E-state index contributed by atoms with van der Waals surface area (Å²) in [6.07, 6.45) is 0. The molecule has 0 radical (unpaired) electrons. The average molecular weight is 551 g/mol. The zero-order valence-electron chi connectivity index (χ0n) is 23.8. The first-order valence-corrected chi connectivity index (χ1v) is 14.7. The van der Waals surface area contributed by atoms with Crippen molar-refractivity contribution < 1.29 is 4.42 Å². The number of fused-ring (bicyclic) bond motifs is 4. The van der Waals surface area contributed by atoms with E-state index in [1.807, 2.05) is 30.3 Å². The SMILES string of the molecule is Cc1ccccc1-c1cc2c3ccccc3c3cc(-c4nc5ccccc5nc4-c4ccccc4)cc4oc(c1C)c2c43. The van der Waals surface area contributed by atoms with Crippen LogP contribution in [0.2, 0.25) is 0 Å². The van der Waals surface area contributed by atoms with Crippen LogP contribution in [-0.2, 0) is 0 Å². The van der Waals surface area contributed by atoms with Crippen LogP contribution in [0.4, 0.5) is 0 Å². The lowest BCUT2D eigenvalue weighted by molar-refractivity contribution is 0.666. The molecule has 0 bridgehead atoms. The van der Waals surface area contributed by atoms with E-state index in [-0.39, 0.29) is 0 Å². The predicted molar refractivity (Wildman–Crippen MR) is 179 cm³/mol. The fourth-order valence-corrected chi connectivity index (χ4v) is 6.86. The summed E-state index contributed by atoms with van der Waals surface area (Å²) < 4.78 is 6.87. The quantitative estimate of drug-likeness (QED) is 0.205. The molecule has 7 aromatic carbocycles. The first kappa shape index (κ1) is 24.1. The maximum Gasteiger partial charge on any atom is 0.139 e. The van der Waals surface area contributed by atoms with Crippen molar-refractivity contribution in [1.29, 1.82) is 0 Å². The molecule has 0 amide bonds. The molecule has 0 unspecified atom stereocenters. The molecule has 0 fully saturated rings. The lowest BCUT2D eigenvalue weighted by Crippen LogP contribution is -1.95. The van der Waals surface area contributed by atoms with Crippen molar-refractivity contribution in [1.82, 2.24) is 9.97 Å². The Morgan fingerprint density at radius 1 is 0.488 bits per heavy atom. The van der Waals surface area contributed by atoms with Crippen molar-refractivity contribution in [2.24, 2.45) is 0 Å². The van der Waals surface area contributed by atoms with E-state index in [1.165, 1.54) is 49.0 Å². The molecule has 0 spiro atoms. The van der Waals surface area contributed by atoms with Crippen LogP contribution in [0.25, 0.3) is 88.2 Å². The minimum Gasteiger partial charge on any atom is -0.456 e. The second-order valence-electron chi connectivity index (χ2n) is 11.4. The second-order valence-corrected chi connectivity index (χ2v) is 11.4. The maximum absolute atomic E-state index is 6.87. The van der Waals surface area contributed by atoms with Crippen LogP contribution < -0.4 is 0 Å². The van der Waals surface area contributed by atoms with Gasteiger partial charge in [-0.3, -0.25) is 0 Å². The third kappa shape index (κ3) is 3.49. The van der Waals surface area contributed by atoms with E-state index in [0.717, 1.165) is 50.3 Å². The smallest absolute Gasteiger partial charge is 0.139 e. The van der Waals surface area contributed by atoms with Crippen molar-refractivity contribution in [3.8, 4) is 33.6 Å². The number of aromatic nitrogens is 2. The van der Waals surface area contributed by atoms with Gasteiger partial charge in [0, 0.05) is 27.5 Å². The Bertz CT molecular complexity index is 2520. The van der Waals surface area contributed by atoms with Gasteiger partial charge in [0.1, 0.15) is 11.2 Å². The first-order valence-electron chi connectivity index (χ1n) is 14.7. The summed E-state index contributed by atoms with van der Waals surface area (Å²) in [4.78, 5) is 10.3. The van der Waals surface area contributed by atoms with Gasteiger partial charge in [-0.2, -0.15) is 0 Å². The average Bonchev–Trinajstić information content (AvgIpc) is 3.45. The maximum atomic E-state index is 6.87. The van der Waals surface area contributed by atoms with E-state index in [4.69, 9.17) is 14.4 Å². The fraction of sp³-hybridized carbons (Fsp3) is 0.0500. The standard InChI is InChI=1S/C40H26N2O/c1-23-12-6-7-15-27(23)30-22-32-29-17-9-8-16-28(29)31-20-26(21-35-36(31)37(32)40(43-35)24(30)2)39-38(25-13-4-3-5-14-25)41-33-18-10-11-19-34(33)42-39/h3-22H,1-2H3. The molecule has 0 atom stereocenters. The van der Waals surface area contributed by atoms with E-state index in [9.17, 15) is 0 Å². The van der Waals surface area contributed by atoms with Gasteiger partial charge in [0.2, 0.25) is 0 Å². The van der Waals surface area contributed by atoms with Crippen molar-refractivity contribution in [2.45, 2.75) is 13.8 Å². The van der Waals surface area contributed by atoms with Gasteiger partial charge in [-0.15, -0.1) is 0 Å². The van der Waals surface area contributed by atoms with Crippen molar-refractivity contribution >= 4 is 54.5 Å². The third-order valence-electron chi connectivity index (χ3n) is 8.93. The van der Waals surface area contributed by atoms with E-state index >= 15 is 0 Å². The monoisotopic (exact) mass is 550 g/mol. The van der Waals surface area contributed by atoms with E-state index in [2.05, 4.69) is 105 Å². The number of furan rings is 1. The summed E-state index contributed by atoms with van der Waals surface area (Å²) >= 11 is 0. The predicted octanol–water partition coefficient (Wildman–Crippen LogP) is 10.9. The number of rotatable bonds is 3.